The molecule has 0 saturated carbocycles. The Morgan fingerprint density at radius 1 is 1.17 bits per heavy atom. The maximum absolute atomic E-state index is 12.6. The second-order valence-electron chi connectivity index (χ2n) is 7.58. The molecule has 0 aromatic heterocycles. The van der Waals surface area contributed by atoms with E-state index in [1.165, 1.54) is 5.56 Å². The monoisotopic (exact) mass is 416 g/mol. The minimum absolute atomic E-state index is 0.0471. The highest BCUT2D eigenvalue weighted by atomic mass is 35.5. The van der Waals surface area contributed by atoms with E-state index in [0.29, 0.717) is 6.61 Å². The van der Waals surface area contributed by atoms with Gasteiger partial charge in [-0.05, 0) is 74.8 Å². The molecule has 1 fully saturated rings. The van der Waals surface area contributed by atoms with Gasteiger partial charge in [-0.1, -0.05) is 23.7 Å². The number of amides is 1. The number of methoxy groups -OCH3 is 1. The van der Waals surface area contributed by atoms with Gasteiger partial charge < -0.3 is 14.8 Å². The Bertz CT molecular complexity index is 789. The number of hydrogen-bond donors (Lipinski definition) is 1. The van der Waals surface area contributed by atoms with Gasteiger partial charge in [0.05, 0.1) is 13.2 Å². The van der Waals surface area contributed by atoms with Gasteiger partial charge in [0, 0.05) is 17.5 Å². The summed E-state index contributed by atoms with van der Waals surface area (Å²) in [6.07, 6.45) is 1.75. The molecule has 1 heterocycles. The molecule has 0 aliphatic carbocycles. The summed E-state index contributed by atoms with van der Waals surface area (Å²) >= 11 is 6.07. The van der Waals surface area contributed by atoms with E-state index in [2.05, 4.69) is 16.3 Å². The van der Waals surface area contributed by atoms with Gasteiger partial charge in [-0.25, -0.2) is 0 Å². The Labute approximate surface area is 177 Å². The summed E-state index contributed by atoms with van der Waals surface area (Å²) < 4.78 is 10.9. The van der Waals surface area contributed by atoms with Crippen molar-refractivity contribution in [2.24, 2.45) is 5.92 Å². The van der Waals surface area contributed by atoms with Gasteiger partial charge in [-0.3, -0.25) is 9.69 Å². The van der Waals surface area contributed by atoms with Gasteiger partial charge in [0.15, 0.2) is 0 Å². The Kier molecular flexibility index (Phi) is 7.78. The lowest BCUT2D eigenvalue weighted by Crippen LogP contribution is -2.44. The molecule has 1 amide bonds. The Balaban J connectivity index is 1.38. The molecule has 156 valence electrons. The van der Waals surface area contributed by atoms with Crippen LogP contribution in [0.3, 0.4) is 0 Å². The van der Waals surface area contributed by atoms with Crippen LogP contribution in [0.2, 0.25) is 5.02 Å². The van der Waals surface area contributed by atoms with Gasteiger partial charge in [0.2, 0.25) is 5.91 Å². The predicted octanol–water partition coefficient (Wildman–Crippen LogP) is 4.14. The van der Waals surface area contributed by atoms with Crippen LogP contribution in [0.5, 0.6) is 11.5 Å². The van der Waals surface area contributed by atoms with Crippen molar-refractivity contribution in [3.8, 4) is 11.5 Å². The molecule has 1 aliphatic rings. The average Bonchev–Trinajstić information content (AvgIpc) is 2.73. The lowest BCUT2D eigenvalue weighted by atomic mass is 9.95. The zero-order chi connectivity index (χ0) is 20.6. The molecule has 1 saturated heterocycles. The molecule has 1 atom stereocenters. The van der Waals surface area contributed by atoms with Gasteiger partial charge in [-0.15, -0.1) is 0 Å². The SMILES string of the molecule is COc1ccc(OC[C@@H](C)NC(=O)C2CCN(Cc3cccc(Cl)c3)CC2)cc1. The van der Waals surface area contributed by atoms with Crippen molar-refractivity contribution in [2.75, 3.05) is 26.8 Å². The summed E-state index contributed by atoms with van der Waals surface area (Å²) in [7, 11) is 1.63. The molecule has 1 aliphatic heterocycles. The minimum atomic E-state index is -0.0471. The standard InChI is InChI=1S/C23H29ClN2O3/c1-17(16-29-22-8-6-21(28-2)7-9-22)25-23(27)19-10-12-26(13-11-19)15-18-4-3-5-20(24)14-18/h3-9,14,17,19H,10-13,15-16H2,1-2H3,(H,25,27)/t17-/m1/s1. The number of halogens is 1. The van der Waals surface area contributed by atoms with E-state index in [9.17, 15) is 4.79 Å². The van der Waals surface area contributed by atoms with E-state index < -0.39 is 0 Å². The van der Waals surface area contributed by atoms with E-state index in [4.69, 9.17) is 21.1 Å². The third-order valence-corrected chi connectivity index (χ3v) is 5.44. The van der Waals surface area contributed by atoms with Crippen LogP contribution in [-0.2, 0) is 11.3 Å². The van der Waals surface area contributed by atoms with Gasteiger partial charge in [-0.2, -0.15) is 0 Å². The summed E-state index contributed by atoms with van der Waals surface area (Å²) in [5.41, 5.74) is 1.21. The van der Waals surface area contributed by atoms with Crippen LogP contribution in [0.25, 0.3) is 0 Å². The van der Waals surface area contributed by atoms with Crippen molar-refractivity contribution in [3.63, 3.8) is 0 Å². The topological polar surface area (TPSA) is 50.8 Å². The van der Waals surface area contributed by atoms with Crippen molar-refractivity contribution in [3.05, 3.63) is 59.1 Å². The Morgan fingerprint density at radius 2 is 1.86 bits per heavy atom. The number of likely N-dealkylation sites (tertiary alicyclic amines) is 1. The second-order valence-corrected chi connectivity index (χ2v) is 8.01. The highest BCUT2D eigenvalue weighted by Crippen LogP contribution is 2.21. The van der Waals surface area contributed by atoms with E-state index in [1.54, 1.807) is 7.11 Å². The number of ether oxygens (including phenoxy) is 2. The van der Waals surface area contributed by atoms with Crippen molar-refractivity contribution < 1.29 is 14.3 Å². The Morgan fingerprint density at radius 3 is 2.52 bits per heavy atom. The van der Waals surface area contributed by atoms with Gasteiger partial charge >= 0.3 is 0 Å². The molecule has 2 aromatic rings. The van der Waals surface area contributed by atoms with Crippen LogP contribution in [0.1, 0.15) is 25.3 Å². The van der Waals surface area contributed by atoms with E-state index in [-0.39, 0.29) is 17.9 Å². The number of hydrogen-bond acceptors (Lipinski definition) is 4. The zero-order valence-electron chi connectivity index (χ0n) is 17.1. The predicted molar refractivity (Wildman–Crippen MR) is 116 cm³/mol. The first-order valence-corrected chi connectivity index (χ1v) is 10.5. The van der Waals surface area contributed by atoms with Crippen LogP contribution >= 0.6 is 11.6 Å². The lowest BCUT2D eigenvalue weighted by molar-refractivity contribution is -0.127. The summed E-state index contributed by atoms with van der Waals surface area (Å²) in [5, 5.41) is 3.86. The molecule has 0 bridgehead atoms. The molecule has 6 heteroatoms. The first kappa shape index (κ1) is 21.5. The van der Waals surface area contributed by atoms with Gasteiger partial charge in [0.25, 0.3) is 0 Å². The number of carbonyl (C=O) groups excluding carboxylic acids is 1. The van der Waals surface area contributed by atoms with Crippen LogP contribution < -0.4 is 14.8 Å². The molecule has 0 spiro atoms. The van der Waals surface area contributed by atoms with Crippen molar-refractivity contribution in [2.45, 2.75) is 32.4 Å². The summed E-state index contributed by atoms with van der Waals surface area (Å²) in [6, 6.07) is 15.4. The van der Waals surface area contributed by atoms with Crippen LogP contribution in [0.15, 0.2) is 48.5 Å². The fraction of sp³-hybridized carbons (Fsp3) is 0.435. The maximum Gasteiger partial charge on any atom is 0.223 e. The largest absolute Gasteiger partial charge is 0.497 e. The second kappa shape index (κ2) is 10.5. The first-order chi connectivity index (χ1) is 14.0. The van der Waals surface area contributed by atoms with Crippen LogP contribution in [0.4, 0.5) is 0 Å². The highest BCUT2D eigenvalue weighted by molar-refractivity contribution is 6.30. The number of benzene rings is 2. The van der Waals surface area contributed by atoms with Gasteiger partial charge in [0.1, 0.15) is 18.1 Å². The van der Waals surface area contributed by atoms with E-state index >= 15 is 0 Å². The lowest BCUT2D eigenvalue weighted by Gasteiger charge is -2.32. The first-order valence-electron chi connectivity index (χ1n) is 10.1. The zero-order valence-corrected chi connectivity index (χ0v) is 17.8. The van der Waals surface area contributed by atoms with Crippen molar-refractivity contribution in [1.82, 2.24) is 10.2 Å². The van der Waals surface area contributed by atoms with Crippen LogP contribution in [-0.4, -0.2) is 43.7 Å². The smallest absolute Gasteiger partial charge is 0.223 e. The van der Waals surface area contributed by atoms with Crippen LogP contribution in [0, 0.1) is 5.92 Å². The fourth-order valence-corrected chi connectivity index (χ4v) is 3.76. The maximum atomic E-state index is 12.6. The number of nitrogens with zero attached hydrogens (tertiary/aromatic N) is 1. The van der Waals surface area contributed by atoms with Crippen molar-refractivity contribution in [1.29, 1.82) is 0 Å². The molecule has 2 aromatic carbocycles. The molecule has 0 radical (unpaired) electrons. The molecule has 5 nitrogen and oxygen atoms in total. The third-order valence-electron chi connectivity index (χ3n) is 5.20. The highest BCUT2D eigenvalue weighted by Gasteiger charge is 2.25. The molecule has 0 unspecified atom stereocenters. The molecular formula is C23H29ClN2O3. The van der Waals surface area contributed by atoms with E-state index in [1.807, 2.05) is 49.4 Å². The summed E-state index contributed by atoms with van der Waals surface area (Å²) in [6.45, 7) is 5.12. The molecular weight excluding hydrogens is 388 g/mol. The third kappa shape index (κ3) is 6.65. The number of piperidine rings is 1. The quantitative estimate of drug-likeness (QED) is 0.702. The number of nitrogens with one attached hydrogen (secondary N) is 1. The molecule has 29 heavy (non-hydrogen) atoms. The minimum Gasteiger partial charge on any atom is -0.497 e. The summed E-state index contributed by atoms with van der Waals surface area (Å²) in [5.74, 6) is 1.74. The van der Waals surface area contributed by atoms with Crippen molar-refractivity contribution >= 4 is 17.5 Å². The summed E-state index contributed by atoms with van der Waals surface area (Å²) in [4.78, 5) is 15.0. The Hall–Kier alpha value is -2.24. The fourth-order valence-electron chi connectivity index (χ4n) is 3.54. The number of rotatable bonds is 8. The van der Waals surface area contributed by atoms with E-state index in [0.717, 1.165) is 49.0 Å². The number of carbonyl (C=O) groups is 1. The molecule has 3 rings (SSSR count). The average molecular weight is 417 g/mol. The normalized spacial score (nSPS) is 16.2. The molecule has 1 N–H and O–H groups in total.